The molecular weight excluding hydrogens is 398 g/mol. The fourth-order valence-corrected chi connectivity index (χ4v) is 4.38. The van der Waals surface area contributed by atoms with Gasteiger partial charge in [-0.2, -0.15) is 10.1 Å². The van der Waals surface area contributed by atoms with Gasteiger partial charge in [0.15, 0.2) is 0 Å². The third-order valence-corrected chi connectivity index (χ3v) is 5.71. The summed E-state index contributed by atoms with van der Waals surface area (Å²) in [6.07, 6.45) is 4.89. The average Bonchev–Trinajstić information content (AvgIpc) is 3.27. The van der Waals surface area contributed by atoms with Gasteiger partial charge in [0.1, 0.15) is 24.2 Å². The minimum Gasteiger partial charge on any atom is -0.480 e. The molecule has 2 aliphatic heterocycles. The summed E-state index contributed by atoms with van der Waals surface area (Å²) in [5, 5.41) is 8.63. The fraction of sp³-hybridized carbons (Fsp3) is 0.0870. The van der Waals surface area contributed by atoms with Crippen molar-refractivity contribution in [1.29, 1.82) is 0 Å². The van der Waals surface area contributed by atoms with Gasteiger partial charge in [-0.25, -0.2) is 4.68 Å². The quantitative estimate of drug-likeness (QED) is 0.507. The zero-order valence-corrected chi connectivity index (χ0v) is 16.5. The second kappa shape index (κ2) is 6.71. The Morgan fingerprint density at radius 1 is 1.00 bits per heavy atom. The molecule has 4 aromatic rings. The maximum absolute atomic E-state index is 6.55. The third kappa shape index (κ3) is 2.61. The van der Waals surface area contributed by atoms with Crippen LogP contribution < -0.4 is 10.1 Å². The summed E-state index contributed by atoms with van der Waals surface area (Å²) < 4.78 is 8.43. The smallest absolute Gasteiger partial charge is 0.226 e. The van der Waals surface area contributed by atoms with Gasteiger partial charge >= 0.3 is 0 Å². The highest BCUT2D eigenvalue weighted by Crippen LogP contribution is 2.50. The Balaban J connectivity index is 1.65. The summed E-state index contributed by atoms with van der Waals surface area (Å²) in [6, 6.07) is 19.6. The Labute approximate surface area is 177 Å². The second-order valence-corrected chi connectivity index (χ2v) is 7.66. The van der Waals surface area contributed by atoms with Gasteiger partial charge < -0.3 is 10.1 Å². The van der Waals surface area contributed by atoms with E-state index in [1.165, 1.54) is 0 Å². The first-order valence-electron chi connectivity index (χ1n) is 9.61. The molecule has 6 nitrogen and oxygen atoms in total. The summed E-state index contributed by atoms with van der Waals surface area (Å²) in [5.41, 5.74) is 4.97. The van der Waals surface area contributed by atoms with Gasteiger partial charge in [0.25, 0.3) is 0 Å². The largest absolute Gasteiger partial charge is 0.480 e. The predicted molar refractivity (Wildman–Crippen MR) is 114 cm³/mol. The number of nitrogens with one attached hydrogen (secondary N) is 1. The molecule has 0 saturated heterocycles. The maximum Gasteiger partial charge on any atom is 0.226 e. The number of ether oxygens (including phenoxy) is 1. The molecule has 6 rings (SSSR count). The van der Waals surface area contributed by atoms with E-state index >= 15 is 0 Å². The molecule has 1 N–H and O–H groups in total. The van der Waals surface area contributed by atoms with Crippen LogP contribution in [-0.2, 0) is 0 Å². The van der Waals surface area contributed by atoms with E-state index in [0.717, 1.165) is 33.7 Å². The van der Waals surface area contributed by atoms with E-state index in [2.05, 4.69) is 38.6 Å². The molecule has 2 unspecified atom stereocenters. The highest BCUT2D eigenvalue weighted by Gasteiger charge is 2.41. The lowest BCUT2D eigenvalue weighted by atomic mass is 9.85. The van der Waals surface area contributed by atoms with Gasteiger partial charge in [0.2, 0.25) is 5.95 Å². The van der Waals surface area contributed by atoms with Gasteiger partial charge in [-0.1, -0.05) is 48.0 Å². The van der Waals surface area contributed by atoms with Gasteiger partial charge in [-0.05, 0) is 35.4 Å². The van der Waals surface area contributed by atoms with Crippen LogP contribution in [0.1, 0.15) is 28.8 Å². The molecular formula is C23H16ClN5O. The van der Waals surface area contributed by atoms with Crippen LogP contribution in [-0.4, -0.2) is 19.7 Å². The number of fused-ring (bicyclic) bond motifs is 3. The summed E-state index contributed by atoms with van der Waals surface area (Å²) in [7, 11) is 0. The number of nitrogens with zero attached hydrogens (tertiary/aromatic N) is 4. The van der Waals surface area contributed by atoms with Crippen LogP contribution in [0, 0.1) is 0 Å². The first-order valence-corrected chi connectivity index (χ1v) is 9.99. The van der Waals surface area contributed by atoms with Crippen molar-refractivity contribution in [2.24, 2.45) is 0 Å². The Morgan fingerprint density at radius 3 is 2.70 bits per heavy atom. The van der Waals surface area contributed by atoms with Crippen LogP contribution in [0.5, 0.6) is 5.75 Å². The Kier molecular flexibility index (Phi) is 3.86. The molecule has 0 saturated carbocycles. The van der Waals surface area contributed by atoms with Crippen molar-refractivity contribution in [1.82, 2.24) is 19.7 Å². The SMILES string of the molecule is Clc1ccc2c(c1)C1=C(C(c3ccccc3)O2)C(c2cccnc2)n2ncnc2N1. The van der Waals surface area contributed by atoms with Crippen LogP contribution in [0.15, 0.2) is 85.0 Å². The van der Waals surface area contributed by atoms with Crippen molar-refractivity contribution in [2.45, 2.75) is 12.1 Å². The predicted octanol–water partition coefficient (Wildman–Crippen LogP) is 4.89. The van der Waals surface area contributed by atoms with Gasteiger partial charge in [0, 0.05) is 28.6 Å². The Bertz CT molecular complexity index is 1270. The van der Waals surface area contributed by atoms with Crippen LogP contribution >= 0.6 is 11.6 Å². The monoisotopic (exact) mass is 413 g/mol. The zero-order chi connectivity index (χ0) is 20.1. The third-order valence-electron chi connectivity index (χ3n) is 5.48. The van der Waals surface area contributed by atoms with Crippen LogP contribution in [0.25, 0.3) is 5.70 Å². The lowest BCUT2D eigenvalue weighted by Gasteiger charge is -2.38. The summed E-state index contributed by atoms with van der Waals surface area (Å²) in [4.78, 5) is 8.77. The lowest BCUT2D eigenvalue weighted by molar-refractivity contribution is 0.223. The molecule has 2 atom stereocenters. The number of halogens is 1. The molecule has 146 valence electrons. The Morgan fingerprint density at radius 2 is 1.87 bits per heavy atom. The number of pyridine rings is 1. The first-order chi connectivity index (χ1) is 14.8. The lowest BCUT2D eigenvalue weighted by Crippen LogP contribution is -2.32. The number of hydrogen-bond acceptors (Lipinski definition) is 5. The highest BCUT2D eigenvalue weighted by atomic mass is 35.5. The second-order valence-electron chi connectivity index (χ2n) is 7.22. The number of rotatable bonds is 2. The highest BCUT2D eigenvalue weighted by molar-refractivity contribution is 6.30. The summed E-state index contributed by atoms with van der Waals surface area (Å²) in [6.45, 7) is 0. The number of aromatic nitrogens is 4. The topological polar surface area (TPSA) is 64.9 Å². The minimum absolute atomic E-state index is 0.218. The van der Waals surface area contributed by atoms with E-state index in [9.17, 15) is 0 Å². The van der Waals surface area contributed by atoms with E-state index in [4.69, 9.17) is 16.3 Å². The molecule has 0 amide bonds. The van der Waals surface area contributed by atoms with Crippen molar-refractivity contribution in [3.8, 4) is 5.75 Å². The van der Waals surface area contributed by atoms with Crippen LogP contribution in [0.2, 0.25) is 5.02 Å². The molecule has 4 heterocycles. The average molecular weight is 414 g/mol. The fourth-order valence-electron chi connectivity index (χ4n) is 4.20. The Hall–Kier alpha value is -3.64. The van der Waals surface area contributed by atoms with Crippen molar-refractivity contribution in [3.63, 3.8) is 0 Å². The van der Waals surface area contributed by atoms with Gasteiger partial charge in [-0.15, -0.1) is 0 Å². The van der Waals surface area contributed by atoms with Crippen molar-refractivity contribution < 1.29 is 4.74 Å². The molecule has 0 spiro atoms. The van der Waals surface area contributed by atoms with Gasteiger partial charge in [0.05, 0.1) is 5.70 Å². The molecule has 2 aromatic heterocycles. The molecule has 0 fully saturated rings. The molecule has 2 aromatic carbocycles. The molecule has 30 heavy (non-hydrogen) atoms. The number of benzene rings is 2. The minimum atomic E-state index is -0.301. The van der Waals surface area contributed by atoms with Crippen molar-refractivity contribution in [2.75, 3.05) is 5.32 Å². The van der Waals surface area contributed by atoms with E-state index in [1.807, 2.05) is 53.3 Å². The molecule has 2 aliphatic rings. The molecule has 0 radical (unpaired) electrons. The van der Waals surface area contributed by atoms with Crippen molar-refractivity contribution in [3.05, 3.63) is 107 Å². The van der Waals surface area contributed by atoms with E-state index in [1.54, 1.807) is 12.5 Å². The molecule has 0 aliphatic carbocycles. The zero-order valence-electron chi connectivity index (χ0n) is 15.7. The normalized spacial score (nSPS) is 19.2. The van der Waals surface area contributed by atoms with Crippen molar-refractivity contribution >= 4 is 23.2 Å². The van der Waals surface area contributed by atoms with E-state index < -0.39 is 0 Å². The molecule has 7 heteroatoms. The summed E-state index contributed by atoms with van der Waals surface area (Å²) >= 11 is 6.34. The number of anilines is 1. The van der Waals surface area contributed by atoms with E-state index in [-0.39, 0.29) is 12.1 Å². The standard InChI is InChI=1S/C23H16ClN5O/c24-16-8-9-18-17(11-16)20-19(22(30-18)14-5-2-1-3-6-14)21(15-7-4-10-25-12-15)29-23(28-20)26-13-27-29/h1-13,21-22H,(H,26,27,28). The van der Waals surface area contributed by atoms with Crippen LogP contribution in [0.4, 0.5) is 5.95 Å². The maximum atomic E-state index is 6.55. The number of hydrogen-bond donors (Lipinski definition) is 1. The first kappa shape index (κ1) is 17.2. The van der Waals surface area contributed by atoms with Gasteiger partial charge in [-0.3, -0.25) is 4.98 Å². The van der Waals surface area contributed by atoms with Crippen LogP contribution in [0.3, 0.4) is 0 Å². The van der Waals surface area contributed by atoms with E-state index in [0.29, 0.717) is 11.0 Å². The summed E-state index contributed by atoms with van der Waals surface area (Å²) in [5.74, 6) is 1.44. The molecule has 0 bridgehead atoms.